The quantitative estimate of drug-likeness (QED) is 0.246. The van der Waals surface area contributed by atoms with Crippen LogP contribution in [0, 0.1) is 0 Å². The molecule has 10 nitrogen and oxygen atoms in total. The lowest BCUT2D eigenvalue weighted by Crippen LogP contribution is -2.38. The number of aliphatic hydroxyl groups excluding tert-OH is 1. The van der Waals surface area contributed by atoms with Crippen LogP contribution in [0.2, 0.25) is 0 Å². The van der Waals surface area contributed by atoms with Crippen LogP contribution in [-0.4, -0.2) is 83.1 Å². The number of nitrogens with zero attached hydrogens (tertiary/aromatic N) is 5. The summed E-state index contributed by atoms with van der Waals surface area (Å²) in [5, 5.41) is 23.7. The Bertz CT molecular complexity index is 1600. The molecule has 240 valence electrons. The van der Waals surface area contributed by atoms with E-state index in [0.717, 1.165) is 41.9 Å². The van der Waals surface area contributed by atoms with Crippen LogP contribution < -0.4 is 19.7 Å². The zero-order chi connectivity index (χ0) is 31.6. The van der Waals surface area contributed by atoms with Gasteiger partial charge in [0.05, 0.1) is 43.4 Å². The standard InChI is InChI=1S/C31H35F3N6O4S/c1-40(28-23-12-22(14-31(32,33)34)45-30(23)37-17-36-28)25-10-20(11-26(25)41)35-15-18-5-7-19(8-6-18)24-13-27(42-2)29(39-38-24)44-21-4-3-9-43-16-21/h5-8,12-13,17,20-21,25-26,35,41H,3-4,9-11,14-16H2,1-2H3/t20-,21?,25+,26-/m1/s1. The van der Waals surface area contributed by atoms with Gasteiger partial charge in [0.25, 0.3) is 5.88 Å². The molecule has 14 heteroatoms. The van der Waals surface area contributed by atoms with Crippen LogP contribution in [0.15, 0.2) is 42.7 Å². The lowest BCUT2D eigenvalue weighted by Gasteiger charge is -2.28. The van der Waals surface area contributed by atoms with Gasteiger partial charge in [0, 0.05) is 42.7 Å². The Morgan fingerprint density at radius 1 is 1.13 bits per heavy atom. The number of hydrogen-bond acceptors (Lipinski definition) is 11. The number of hydrogen-bond donors (Lipinski definition) is 2. The van der Waals surface area contributed by atoms with Crippen molar-refractivity contribution in [3.05, 3.63) is 53.2 Å². The molecule has 1 aliphatic heterocycles. The van der Waals surface area contributed by atoms with Gasteiger partial charge in [0.2, 0.25) is 0 Å². The first kappa shape index (κ1) is 31.4. The summed E-state index contributed by atoms with van der Waals surface area (Å²) in [6.45, 7) is 1.87. The largest absolute Gasteiger partial charge is 0.491 e. The maximum absolute atomic E-state index is 13.0. The topological polar surface area (TPSA) is 115 Å². The Kier molecular flexibility index (Phi) is 9.36. The first-order chi connectivity index (χ1) is 21.7. The Balaban J connectivity index is 1.06. The summed E-state index contributed by atoms with van der Waals surface area (Å²) >= 11 is 1.02. The van der Waals surface area contributed by atoms with Crippen molar-refractivity contribution in [2.24, 2.45) is 0 Å². The number of aliphatic hydroxyl groups is 1. The van der Waals surface area contributed by atoms with Gasteiger partial charge in [-0.2, -0.15) is 13.2 Å². The molecular weight excluding hydrogens is 609 g/mol. The molecule has 1 aromatic carbocycles. The van der Waals surface area contributed by atoms with Gasteiger partial charge in [-0.05, 0) is 37.3 Å². The first-order valence-corrected chi connectivity index (χ1v) is 15.7. The number of anilines is 1. The van der Waals surface area contributed by atoms with Gasteiger partial charge in [0.1, 0.15) is 23.1 Å². The molecule has 1 aliphatic carbocycles. The lowest BCUT2D eigenvalue weighted by molar-refractivity contribution is -0.126. The highest BCUT2D eigenvalue weighted by atomic mass is 32.1. The molecule has 1 saturated heterocycles. The van der Waals surface area contributed by atoms with Crippen molar-refractivity contribution in [2.75, 3.05) is 32.3 Å². The number of benzene rings is 1. The SMILES string of the molecule is COc1cc(-c2ccc(CN[C@H]3C[C@@H](O)[C@@H](N(C)c4ncnc5sc(CC(F)(F)F)cc45)C3)cc2)nnc1OC1CCCOC1. The van der Waals surface area contributed by atoms with Crippen molar-refractivity contribution >= 4 is 27.4 Å². The number of rotatable bonds is 10. The second kappa shape index (κ2) is 13.4. The summed E-state index contributed by atoms with van der Waals surface area (Å²) in [5.41, 5.74) is 2.62. The van der Waals surface area contributed by atoms with E-state index in [2.05, 4.69) is 25.5 Å². The molecule has 0 spiro atoms. The van der Waals surface area contributed by atoms with Crippen LogP contribution in [0.3, 0.4) is 0 Å². The van der Waals surface area contributed by atoms with Crippen molar-refractivity contribution in [3.8, 4) is 22.9 Å². The third kappa shape index (κ3) is 7.46. The van der Waals surface area contributed by atoms with Gasteiger partial charge in [-0.15, -0.1) is 21.5 Å². The molecule has 6 rings (SSSR count). The molecule has 2 aliphatic rings. The molecule has 0 bridgehead atoms. The fourth-order valence-corrected chi connectivity index (χ4v) is 6.96. The summed E-state index contributed by atoms with van der Waals surface area (Å²) < 4.78 is 55.9. The molecule has 45 heavy (non-hydrogen) atoms. The number of fused-ring (bicyclic) bond motifs is 1. The molecule has 2 N–H and O–H groups in total. The van der Waals surface area contributed by atoms with E-state index in [1.807, 2.05) is 42.3 Å². The van der Waals surface area contributed by atoms with E-state index in [1.54, 1.807) is 7.11 Å². The number of ether oxygens (including phenoxy) is 3. The van der Waals surface area contributed by atoms with Gasteiger partial charge in [0.15, 0.2) is 5.75 Å². The van der Waals surface area contributed by atoms with Crippen LogP contribution in [0.5, 0.6) is 11.6 Å². The van der Waals surface area contributed by atoms with E-state index >= 15 is 0 Å². The van der Waals surface area contributed by atoms with Crippen molar-refractivity contribution in [1.82, 2.24) is 25.5 Å². The smallest absolute Gasteiger partial charge is 0.393 e. The Morgan fingerprint density at radius 3 is 2.69 bits per heavy atom. The average Bonchev–Trinajstić information content (AvgIpc) is 3.61. The van der Waals surface area contributed by atoms with E-state index < -0.39 is 18.7 Å². The highest BCUT2D eigenvalue weighted by molar-refractivity contribution is 7.18. The fourth-order valence-electron chi connectivity index (χ4n) is 5.94. The average molecular weight is 645 g/mol. The number of halogens is 3. The van der Waals surface area contributed by atoms with Gasteiger partial charge in [-0.1, -0.05) is 24.3 Å². The molecule has 1 unspecified atom stereocenters. The highest BCUT2D eigenvalue weighted by Crippen LogP contribution is 2.36. The lowest BCUT2D eigenvalue weighted by atomic mass is 10.1. The highest BCUT2D eigenvalue weighted by Gasteiger charge is 2.37. The van der Waals surface area contributed by atoms with E-state index in [-0.39, 0.29) is 23.1 Å². The molecule has 2 fully saturated rings. The molecule has 1 saturated carbocycles. The molecular formula is C31H35F3N6O4S. The molecule has 0 radical (unpaired) electrons. The number of methoxy groups -OCH3 is 1. The van der Waals surface area contributed by atoms with E-state index in [4.69, 9.17) is 14.2 Å². The maximum Gasteiger partial charge on any atom is 0.393 e. The Hall–Kier alpha value is -3.59. The number of thiophene rings is 1. The van der Waals surface area contributed by atoms with Crippen molar-refractivity contribution in [1.29, 1.82) is 0 Å². The Labute approximate surface area is 262 Å². The fraction of sp³-hybridized carbons (Fsp3) is 0.484. The minimum atomic E-state index is -4.30. The van der Waals surface area contributed by atoms with Crippen LogP contribution in [0.4, 0.5) is 19.0 Å². The van der Waals surface area contributed by atoms with E-state index in [1.165, 1.54) is 12.4 Å². The normalized spacial score (nSPS) is 22.1. The van der Waals surface area contributed by atoms with Gasteiger partial charge in [-0.25, -0.2) is 9.97 Å². The number of alkyl halides is 3. The van der Waals surface area contributed by atoms with Crippen LogP contribution >= 0.6 is 11.3 Å². The maximum atomic E-state index is 13.0. The second-order valence-corrected chi connectivity index (χ2v) is 12.6. The zero-order valence-electron chi connectivity index (χ0n) is 25.0. The van der Waals surface area contributed by atoms with E-state index in [9.17, 15) is 18.3 Å². The molecule has 4 atom stereocenters. The molecule has 0 amide bonds. The molecule has 4 aromatic rings. The minimum Gasteiger partial charge on any atom is -0.491 e. The van der Waals surface area contributed by atoms with Gasteiger partial charge >= 0.3 is 6.18 Å². The van der Waals surface area contributed by atoms with Crippen molar-refractivity contribution < 1.29 is 32.5 Å². The third-order valence-electron chi connectivity index (χ3n) is 8.25. The minimum absolute atomic E-state index is 0.0463. The molecule has 3 aromatic heterocycles. The number of likely N-dealkylation sites (N-methyl/N-ethyl adjacent to an activating group) is 1. The van der Waals surface area contributed by atoms with Crippen LogP contribution in [0.25, 0.3) is 21.5 Å². The molecule has 4 heterocycles. The summed E-state index contributed by atoms with van der Waals surface area (Å²) in [6, 6.07) is 11.1. The number of nitrogens with one attached hydrogen (secondary N) is 1. The third-order valence-corrected chi connectivity index (χ3v) is 9.29. The van der Waals surface area contributed by atoms with Gasteiger partial charge in [-0.3, -0.25) is 0 Å². The van der Waals surface area contributed by atoms with Gasteiger partial charge < -0.3 is 29.5 Å². The summed E-state index contributed by atoms with van der Waals surface area (Å²) in [4.78, 5) is 11.1. The summed E-state index contributed by atoms with van der Waals surface area (Å²) in [5.74, 6) is 1.39. The van der Waals surface area contributed by atoms with E-state index in [0.29, 0.717) is 59.4 Å². The number of aromatic nitrogens is 4. The van der Waals surface area contributed by atoms with Crippen LogP contribution in [0.1, 0.15) is 36.1 Å². The monoisotopic (exact) mass is 644 g/mol. The zero-order valence-corrected chi connectivity index (χ0v) is 25.8. The summed E-state index contributed by atoms with van der Waals surface area (Å²) in [6.07, 6.45) is -1.60. The van der Waals surface area contributed by atoms with Crippen molar-refractivity contribution in [2.45, 2.75) is 69.1 Å². The summed E-state index contributed by atoms with van der Waals surface area (Å²) in [7, 11) is 3.39. The predicted molar refractivity (Wildman–Crippen MR) is 164 cm³/mol. The Morgan fingerprint density at radius 2 is 1.96 bits per heavy atom. The van der Waals surface area contributed by atoms with Crippen molar-refractivity contribution in [3.63, 3.8) is 0 Å². The van der Waals surface area contributed by atoms with Crippen LogP contribution in [-0.2, 0) is 17.7 Å². The second-order valence-electron chi connectivity index (χ2n) is 11.5. The predicted octanol–water partition coefficient (Wildman–Crippen LogP) is 4.94. The first-order valence-electron chi connectivity index (χ1n) is 14.9.